The summed E-state index contributed by atoms with van der Waals surface area (Å²) in [5.41, 5.74) is 0. The lowest BCUT2D eigenvalue weighted by Crippen LogP contribution is -1.96. The van der Waals surface area contributed by atoms with Gasteiger partial charge >= 0.3 is 0 Å². The number of halogens is 2. The SMILES string of the molecule is N#CCCOc1cccc(Cl)c1Cl. The van der Waals surface area contributed by atoms with E-state index in [4.69, 9.17) is 33.2 Å². The molecule has 0 radical (unpaired) electrons. The summed E-state index contributed by atoms with van der Waals surface area (Å²) >= 11 is 11.6. The van der Waals surface area contributed by atoms with Gasteiger partial charge in [-0.15, -0.1) is 0 Å². The van der Waals surface area contributed by atoms with Crippen molar-refractivity contribution in [3.63, 3.8) is 0 Å². The van der Waals surface area contributed by atoms with Crippen LogP contribution in [-0.2, 0) is 0 Å². The molecule has 1 rings (SSSR count). The number of ether oxygens (including phenoxy) is 1. The third-order valence-corrected chi connectivity index (χ3v) is 2.19. The van der Waals surface area contributed by atoms with E-state index >= 15 is 0 Å². The molecule has 1 aromatic carbocycles. The van der Waals surface area contributed by atoms with Crippen LogP contribution in [0.5, 0.6) is 5.75 Å². The van der Waals surface area contributed by atoms with Crippen LogP contribution in [0.2, 0.25) is 10.0 Å². The smallest absolute Gasteiger partial charge is 0.139 e. The number of hydrogen-bond acceptors (Lipinski definition) is 2. The summed E-state index contributed by atoms with van der Waals surface area (Å²) in [4.78, 5) is 0. The highest BCUT2D eigenvalue weighted by molar-refractivity contribution is 6.42. The summed E-state index contributed by atoms with van der Waals surface area (Å²) in [6, 6.07) is 7.11. The Bertz CT molecular complexity index is 333. The Labute approximate surface area is 86.6 Å². The minimum Gasteiger partial charge on any atom is -0.491 e. The average Bonchev–Trinajstić information content (AvgIpc) is 2.13. The number of nitrogens with zero attached hydrogens (tertiary/aromatic N) is 1. The third-order valence-electron chi connectivity index (χ3n) is 1.39. The van der Waals surface area contributed by atoms with Gasteiger partial charge in [0.1, 0.15) is 17.4 Å². The van der Waals surface area contributed by atoms with E-state index in [-0.39, 0.29) is 0 Å². The second-order valence-corrected chi connectivity index (χ2v) is 3.09. The molecular weight excluding hydrogens is 209 g/mol. The summed E-state index contributed by atoms with van der Waals surface area (Å²) in [6.07, 6.45) is 0.336. The first kappa shape index (κ1) is 10.2. The summed E-state index contributed by atoms with van der Waals surface area (Å²) in [5.74, 6) is 0.518. The largest absolute Gasteiger partial charge is 0.491 e. The minimum absolute atomic E-state index is 0.330. The van der Waals surface area contributed by atoms with Gasteiger partial charge < -0.3 is 4.74 Å². The van der Waals surface area contributed by atoms with E-state index in [2.05, 4.69) is 0 Å². The zero-order valence-corrected chi connectivity index (χ0v) is 8.27. The van der Waals surface area contributed by atoms with E-state index in [1.54, 1.807) is 18.2 Å². The van der Waals surface area contributed by atoms with Crippen molar-refractivity contribution in [1.29, 1.82) is 5.26 Å². The first-order chi connectivity index (χ1) is 6.25. The van der Waals surface area contributed by atoms with Gasteiger partial charge in [-0.05, 0) is 12.1 Å². The molecule has 2 nitrogen and oxygen atoms in total. The van der Waals surface area contributed by atoms with Crippen LogP contribution in [0.25, 0.3) is 0 Å². The molecule has 0 saturated carbocycles. The third kappa shape index (κ3) is 2.80. The highest BCUT2D eigenvalue weighted by atomic mass is 35.5. The molecule has 0 fully saturated rings. The van der Waals surface area contributed by atoms with Crippen LogP contribution in [0.4, 0.5) is 0 Å². The maximum atomic E-state index is 8.28. The Morgan fingerprint density at radius 3 is 2.85 bits per heavy atom. The zero-order valence-electron chi connectivity index (χ0n) is 6.76. The quantitative estimate of drug-likeness (QED) is 0.726. The van der Waals surface area contributed by atoms with Gasteiger partial charge in [-0.2, -0.15) is 5.26 Å². The molecule has 13 heavy (non-hydrogen) atoms. The monoisotopic (exact) mass is 215 g/mol. The van der Waals surface area contributed by atoms with Crippen molar-refractivity contribution in [2.45, 2.75) is 6.42 Å². The van der Waals surface area contributed by atoms with Crippen molar-refractivity contribution >= 4 is 23.2 Å². The molecule has 0 aliphatic heterocycles. The molecule has 0 spiro atoms. The second-order valence-electron chi connectivity index (χ2n) is 2.31. The number of rotatable bonds is 3. The predicted octanol–water partition coefficient (Wildman–Crippen LogP) is 3.29. The van der Waals surface area contributed by atoms with Crippen molar-refractivity contribution < 1.29 is 4.74 Å². The Morgan fingerprint density at radius 1 is 1.38 bits per heavy atom. The van der Waals surface area contributed by atoms with E-state index in [9.17, 15) is 0 Å². The Kier molecular flexibility index (Phi) is 3.88. The summed E-state index contributed by atoms with van der Waals surface area (Å²) in [5, 5.41) is 9.12. The molecule has 0 saturated heterocycles. The molecule has 0 aliphatic rings. The topological polar surface area (TPSA) is 33.0 Å². The minimum atomic E-state index is 0.330. The van der Waals surface area contributed by atoms with Crippen LogP contribution in [0.15, 0.2) is 18.2 Å². The molecule has 0 N–H and O–H groups in total. The fraction of sp³-hybridized carbons (Fsp3) is 0.222. The van der Waals surface area contributed by atoms with Crippen molar-refractivity contribution in [2.24, 2.45) is 0 Å². The van der Waals surface area contributed by atoms with E-state index in [0.717, 1.165) is 0 Å². The summed E-state index contributed by atoms with van der Waals surface area (Å²) in [7, 11) is 0. The molecule has 0 aromatic heterocycles. The van der Waals surface area contributed by atoms with Gasteiger partial charge in [0.25, 0.3) is 0 Å². The number of benzene rings is 1. The molecule has 0 unspecified atom stereocenters. The van der Waals surface area contributed by atoms with Crippen LogP contribution in [-0.4, -0.2) is 6.61 Å². The van der Waals surface area contributed by atoms with Gasteiger partial charge in [-0.25, -0.2) is 0 Å². The van der Waals surface area contributed by atoms with Gasteiger partial charge in [0, 0.05) is 0 Å². The average molecular weight is 216 g/mol. The van der Waals surface area contributed by atoms with Gasteiger partial charge in [0.15, 0.2) is 0 Å². The van der Waals surface area contributed by atoms with Crippen LogP contribution in [0.3, 0.4) is 0 Å². The fourth-order valence-corrected chi connectivity index (χ4v) is 1.15. The maximum absolute atomic E-state index is 8.28. The van der Waals surface area contributed by atoms with E-state index in [1.807, 2.05) is 6.07 Å². The number of nitriles is 1. The maximum Gasteiger partial charge on any atom is 0.139 e. The highest BCUT2D eigenvalue weighted by Gasteiger charge is 2.04. The summed E-state index contributed by atoms with van der Waals surface area (Å²) in [6.45, 7) is 0.330. The Balaban J connectivity index is 2.67. The van der Waals surface area contributed by atoms with Crippen LogP contribution in [0, 0.1) is 11.3 Å². The van der Waals surface area contributed by atoms with Crippen LogP contribution in [0.1, 0.15) is 6.42 Å². The molecular formula is C9H7Cl2NO. The lowest BCUT2D eigenvalue weighted by molar-refractivity contribution is 0.327. The first-order valence-corrected chi connectivity index (χ1v) is 4.45. The van der Waals surface area contributed by atoms with Crippen molar-refractivity contribution in [2.75, 3.05) is 6.61 Å². The Hall–Kier alpha value is -0.910. The lowest BCUT2D eigenvalue weighted by Gasteiger charge is -2.06. The molecule has 0 atom stereocenters. The van der Waals surface area contributed by atoms with Crippen LogP contribution >= 0.6 is 23.2 Å². The lowest BCUT2D eigenvalue weighted by atomic mass is 10.3. The Morgan fingerprint density at radius 2 is 2.15 bits per heavy atom. The number of hydrogen-bond donors (Lipinski definition) is 0. The first-order valence-electron chi connectivity index (χ1n) is 3.69. The molecule has 0 aliphatic carbocycles. The van der Waals surface area contributed by atoms with Crippen molar-refractivity contribution in [3.8, 4) is 11.8 Å². The second kappa shape index (κ2) is 4.96. The molecule has 0 heterocycles. The fourth-order valence-electron chi connectivity index (χ4n) is 0.802. The molecule has 0 amide bonds. The van der Waals surface area contributed by atoms with Gasteiger partial charge in [0.2, 0.25) is 0 Å². The molecule has 0 bridgehead atoms. The normalized spacial score (nSPS) is 9.31. The van der Waals surface area contributed by atoms with Crippen LogP contribution < -0.4 is 4.74 Å². The molecule has 4 heteroatoms. The standard InChI is InChI=1S/C9H7Cl2NO/c10-7-3-1-4-8(9(7)11)13-6-2-5-12/h1,3-4H,2,6H2. The van der Waals surface area contributed by atoms with Crippen molar-refractivity contribution in [1.82, 2.24) is 0 Å². The highest BCUT2D eigenvalue weighted by Crippen LogP contribution is 2.31. The molecule has 1 aromatic rings. The summed E-state index contributed by atoms with van der Waals surface area (Å²) < 4.78 is 5.22. The van der Waals surface area contributed by atoms with E-state index < -0.39 is 0 Å². The predicted molar refractivity (Wildman–Crippen MR) is 52.2 cm³/mol. The zero-order chi connectivity index (χ0) is 9.68. The van der Waals surface area contributed by atoms with Gasteiger partial charge in [-0.3, -0.25) is 0 Å². The van der Waals surface area contributed by atoms with Gasteiger partial charge in [0.05, 0.1) is 17.5 Å². The van der Waals surface area contributed by atoms with Crippen molar-refractivity contribution in [3.05, 3.63) is 28.2 Å². The van der Waals surface area contributed by atoms with E-state index in [0.29, 0.717) is 28.8 Å². The van der Waals surface area contributed by atoms with E-state index in [1.165, 1.54) is 0 Å². The molecule has 68 valence electrons. The van der Waals surface area contributed by atoms with Gasteiger partial charge in [-0.1, -0.05) is 29.3 Å².